The van der Waals surface area contributed by atoms with Crippen LogP contribution in [0.2, 0.25) is 5.02 Å². The Labute approximate surface area is 236 Å². The third-order valence-electron chi connectivity index (χ3n) is 7.88. The Kier molecular flexibility index (Phi) is 6.54. The molecule has 206 valence electrons. The van der Waals surface area contributed by atoms with Crippen LogP contribution in [0.4, 0.5) is 19.0 Å². The van der Waals surface area contributed by atoms with Crippen LogP contribution < -0.4 is 10.6 Å². The lowest BCUT2D eigenvalue weighted by Crippen LogP contribution is -2.58. The van der Waals surface area contributed by atoms with E-state index in [0.717, 1.165) is 30.2 Å². The number of thiophene rings is 1. The number of carbonyl (C=O) groups is 1. The molecule has 1 saturated carbocycles. The number of amides is 1. The van der Waals surface area contributed by atoms with Gasteiger partial charge in [0, 0.05) is 57.0 Å². The Morgan fingerprint density at radius 3 is 2.56 bits per heavy atom. The standard InChI is InChI=1S/C27H26ClF3N4O2S2/c1-4-21(36)33-9-14(3)34(10-13(33)2)25-17-8-18(27(29,30)31)22(20-7-16(28)11-38-20)24-23(17)35(26(37)32-25)19(12-39-24)15-5-6-15/h4,7-8,11,13-15,19H,1,5-6,9-10,12H2,2-3H3/t13-,14+,19?/m1/s1. The van der Waals surface area contributed by atoms with Crippen molar-refractivity contribution in [2.45, 2.75) is 55.9 Å². The summed E-state index contributed by atoms with van der Waals surface area (Å²) in [4.78, 5) is 34.9. The molecule has 6 rings (SSSR count). The molecule has 1 saturated heterocycles. The summed E-state index contributed by atoms with van der Waals surface area (Å²) in [6, 6.07) is 2.07. The first-order valence-corrected chi connectivity index (χ1v) is 15.0. The van der Waals surface area contributed by atoms with Crippen LogP contribution in [0.15, 0.2) is 39.9 Å². The predicted molar refractivity (Wildman–Crippen MR) is 150 cm³/mol. The fraction of sp³-hybridized carbons (Fsp3) is 0.444. The van der Waals surface area contributed by atoms with E-state index in [9.17, 15) is 22.8 Å². The average Bonchev–Trinajstić information content (AvgIpc) is 3.65. The second kappa shape index (κ2) is 9.55. The Hall–Kier alpha value is -2.50. The maximum atomic E-state index is 14.7. The van der Waals surface area contributed by atoms with E-state index >= 15 is 0 Å². The molecule has 2 aliphatic heterocycles. The highest BCUT2D eigenvalue weighted by Crippen LogP contribution is 2.54. The van der Waals surface area contributed by atoms with E-state index in [-0.39, 0.29) is 35.4 Å². The van der Waals surface area contributed by atoms with E-state index in [4.69, 9.17) is 11.6 Å². The third kappa shape index (κ3) is 4.46. The van der Waals surface area contributed by atoms with Gasteiger partial charge in [-0.2, -0.15) is 18.2 Å². The number of rotatable bonds is 4. The fourth-order valence-corrected chi connectivity index (χ4v) is 8.53. The summed E-state index contributed by atoms with van der Waals surface area (Å²) in [6.45, 7) is 7.99. The fourth-order valence-electron chi connectivity index (χ4n) is 5.85. The van der Waals surface area contributed by atoms with Crippen LogP contribution in [0.25, 0.3) is 21.3 Å². The van der Waals surface area contributed by atoms with Crippen molar-refractivity contribution in [3.63, 3.8) is 0 Å². The Bertz CT molecular complexity index is 1570. The van der Waals surface area contributed by atoms with E-state index in [1.807, 2.05) is 18.7 Å². The lowest BCUT2D eigenvalue weighted by Gasteiger charge is -2.45. The number of carbonyl (C=O) groups excluding carboxylic acids is 1. The number of anilines is 1. The highest BCUT2D eigenvalue weighted by Gasteiger charge is 2.43. The molecule has 1 aromatic carbocycles. The zero-order valence-electron chi connectivity index (χ0n) is 21.3. The van der Waals surface area contributed by atoms with Crippen molar-refractivity contribution in [1.82, 2.24) is 14.5 Å². The van der Waals surface area contributed by atoms with Crippen molar-refractivity contribution in [2.75, 3.05) is 23.7 Å². The summed E-state index contributed by atoms with van der Waals surface area (Å²) < 4.78 is 45.7. The van der Waals surface area contributed by atoms with Crippen molar-refractivity contribution in [2.24, 2.45) is 5.92 Å². The molecule has 0 radical (unpaired) electrons. The van der Waals surface area contributed by atoms with E-state index < -0.39 is 17.4 Å². The normalized spacial score (nSPS) is 23.4. The van der Waals surface area contributed by atoms with Crippen LogP contribution in [0.1, 0.15) is 38.3 Å². The van der Waals surface area contributed by atoms with Crippen molar-refractivity contribution in [3.8, 4) is 10.4 Å². The molecule has 1 aliphatic carbocycles. The van der Waals surface area contributed by atoms with Gasteiger partial charge in [0.2, 0.25) is 5.91 Å². The number of benzene rings is 1. The molecule has 4 heterocycles. The highest BCUT2D eigenvalue weighted by molar-refractivity contribution is 7.99. The zero-order chi connectivity index (χ0) is 27.8. The van der Waals surface area contributed by atoms with Crippen molar-refractivity contribution >= 4 is 57.3 Å². The number of hydrogen-bond donors (Lipinski definition) is 0. The molecule has 2 fully saturated rings. The second-order valence-electron chi connectivity index (χ2n) is 10.5. The molecule has 3 atom stereocenters. The van der Waals surface area contributed by atoms with Crippen molar-refractivity contribution in [1.29, 1.82) is 0 Å². The van der Waals surface area contributed by atoms with Crippen LogP contribution in [-0.4, -0.2) is 51.3 Å². The molecule has 3 aromatic rings. The first-order chi connectivity index (χ1) is 18.5. The van der Waals surface area contributed by atoms with Gasteiger partial charge >= 0.3 is 11.9 Å². The van der Waals surface area contributed by atoms with Gasteiger partial charge < -0.3 is 9.80 Å². The average molecular weight is 595 g/mol. The minimum atomic E-state index is -4.64. The van der Waals surface area contributed by atoms with Gasteiger partial charge in [-0.1, -0.05) is 18.2 Å². The first-order valence-electron chi connectivity index (χ1n) is 12.8. The Morgan fingerprint density at radius 2 is 1.95 bits per heavy atom. The molecule has 0 bridgehead atoms. The number of alkyl halides is 3. The Balaban J connectivity index is 1.63. The topological polar surface area (TPSA) is 58.4 Å². The number of nitrogens with zero attached hydrogens (tertiary/aromatic N) is 4. The third-order valence-corrected chi connectivity index (χ3v) is 10.4. The number of piperazine rings is 1. The summed E-state index contributed by atoms with van der Waals surface area (Å²) in [5, 5.41) is 2.30. The largest absolute Gasteiger partial charge is 0.417 e. The van der Waals surface area contributed by atoms with Gasteiger partial charge in [-0.25, -0.2) is 4.79 Å². The molecule has 3 aliphatic rings. The number of hydrogen-bond acceptors (Lipinski definition) is 6. The van der Waals surface area contributed by atoms with Crippen molar-refractivity contribution in [3.05, 3.63) is 51.2 Å². The summed E-state index contributed by atoms with van der Waals surface area (Å²) in [7, 11) is 0. The van der Waals surface area contributed by atoms with Gasteiger partial charge in [-0.3, -0.25) is 9.36 Å². The first kappa shape index (κ1) is 26.7. The highest BCUT2D eigenvalue weighted by atomic mass is 35.5. The van der Waals surface area contributed by atoms with Crippen LogP contribution in [-0.2, 0) is 11.0 Å². The van der Waals surface area contributed by atoms with Crippen LogP contribution in [0.3, 0.4) is 0 Å². The molecule has 1 unspecified atom stereocenters. The zero-order valence-corrected chi connectivity index (χ0v) is 23.7. The summed E-state index contributed by atoms with van der Waals surface area (Å²) in [5.41, 5.74) is -0.639. The predicted octanol–water partition coefficient (Wildman–Crippen LogP) is 6.47. The molecule has 0 N–H and O–H groups in total. The molecule has 0 spiro atoms. The van der Waals surface area contributed by atoms with Gasteiger partial charge in [0.1, 0.15) is 5.82 Å². The lowest BCUT2D eigenvalue weighted by molar-refractivity contribution is -0.137. The molecular formula is C27H26ClF3N4O2S2. The SMILES string of the molecule is C=CC(=O)N1C[C@H](C)N(c2nc(=O)n3c4c(c(-c5cc(Cl)cs5)c(C(F)(F)F)cc24)SCC3C2CC2)C[C@H]1C. The maximum Gasteiger partial charge on any atom is 0.417 e. The minimum Gasteiger partial charge on any atom is -0.349 e. The van der Waals surface area contributed by atoms with Crippen LogP contribution in [0.5, 0.6) is 0 Å². The minimum absolute atomic E-state index is 0.0688. The Morgan fingerprint density at radius 1 is 1.21 bits per heavy atom. The van der Waals surface area contributed by atoms with Crippen LogP contribution >= 0.6 is 34.7 Å². The van der Waals surface area contributed by atoms with Gasteiger partial charge in [0.25, 0.3) is 0 Å². The van der Waals surface area contributed by atoms with Gasteiger partial charge in [0.05, 0.1) is 22.1 Å². The van der Waals surface area contributed by atoms with Gasteiger partial charge in [-0.15, -0.1) is 23.1 Å². The summed E-state index contributed by atoms with van der Waals surface area (Å²) in [5.74, 6) is 0.849. The van der Waals surface area contributed by atoms with E-state index in [1.54, 1.807) is 20.9 Å². The monoisotopic (exact) mass is 594 g/mol. The number of halogens is 4. The summed E-state index contributed by atoms with van der Waals surface area (Å²) >= 11 is 8.69. The van der Waals surface area contributed by atoms with E-state index in [2.05, 4.69) is 11.6 Å². The van der Waals surface area contributed by atoms with Gasteiger partial charge in [-0.05, 0) is 50.8 Å². The molecule has 12 heteroatoms. The lowest BCUT2D eigenvalue weighted by atomic mass is 9.99. The molecular weight excluding hydrogens is 569 g/mol. The molecule has 6 nitrogen and oxygen atoms in total. The van der Waals surface area contributed by atoms with Gasteiger partial charge in [0.15, 0.2) is 0 Å². The summed E-state index contributed by atoms with van der Waals surface area (Å²) in [6.07, 6.45) is -1.41. The number of thioether (sulfide) groups is 1. The maximum absolute atomic E-state index is 14.7. The molecule has 2 aromatic heterocycles. The quantitative estimate of drug-likeness (QED) is 0.324. The molecule has 39 heavy (non-hydrogen) atoms. The van der Waals surface area contributed by atoms with Crippen molar-refractivity contribution < 1.29 is 18.0 Å². The number of aromatic nitrogens is 2. The van der Waals surface area contributed by atoms with E-state index in [0.29, 0.717) is 50.5 Å². The molecule has 1 amide bonds. The van der Waals surface area contributed by atoms with Crippen LogP contribution in [0, 0.1) is 5.92 Å². The second-order valence-corrected chi connectivity index (χ2v) is 12.9. The van der Waals surface area contributed by atoms with E-state index in [1.165, 1.54) is 17.8 Å². The smallest absolute Gasteiger partial charge is 0.349 e.